The van der Waals surface area contributed by atoms with Gasteiger partial charge in [-0.05, 0) is 56.9 Å². The van der Waals surface area contributed by atoms with Crippen molar-refractivity contribution in [2.75, 3.05) is 18.8 Å². The predicted molar refractivity (Wildman–Crippen MR) is 116 cm³/mol. The Bertz CT molecular complexity index is 600. The molecule has 2 heteroatoms. The molecule has 0 radical (unpaired) electrons. The van der Waals surface area contributed by atoms with Gasteiger partial charge in [-0.15, -0.1) is 5.73 Å². The Morgan fingerprint density at radius 3 is 2.60 bits per heavy atom. The molecule has 0 spiro atoms. The molecule has 0 aromatic carbocycles. The zero-order valence-corrected chi connectivity index (χ0v) is 16.9. The quantitative estimate of drug-likeness (QED) is 0.286. The van der Waals surface area contributed by atoms with Crippen LogP contribution >= 0.6 is 12.6 Å². The van der Waals surface area contributed by atoms with E-state index >= 15 is 0 Å². The lowest BCUT2D eigenvalue weighted by Gasteiger charge is -2.29. The van der Waals surface area contributed by atoms with Gasteiger partial charge in [-0.3, -0.25) is 0 Å². The minimum atomic E-state index is 0.382. The van der Waals surface area contributed by atoms with E-state index < -0.39 is 0 Å². The van der Waals surface area contributed by atoms with E-state index in [2.05, 4.69) is 49.8 Å². The highest BCUT2D eigenvalue weighted by atomic mass is 32.1. The summed E-state index contributed by atoms with van der Waals surface area (Å²) in [6.45, 7) is 16.5. The molecule has 1 heterocycles. The van der Waals surface area contributed by atoms with Crippen LogP contribution < -0.4 is 5.32 Å². The number of hydrogen-bond donors (Lipinski definition) is 2. The average Bonchev–Trinajstić information content (AvgIpc) is 2.96. The minimum Gasteiger partial charge on any atom is -0.316 e. The van der Waals surface area contributed by atoms with Crippen LogP contribution in [0.3, 0.4) is 0 Å². The zero-order valence-electron chi connectivity index (χ0n) is 16.0. The van der Waals surface area contributed by atoms with Crippen LogP contribution in [0.1, 0.15) is 27.2 Å². The fourth-order valence-electron chi connectivity index (χ4n) is 3.68. The molecular weight excluding hydrogens is 322 g/mol. The lowest BCUT2D eigenvalue weighted by atomic mass is 9.80. The van der Waals surface area contributed by atoms with Crippen molar-refractivity contribution in [2.24, 2.45) is 17.8 Å². The highest BCUT2D eigenvalue weighted by Crippen LogP contribution is 2.50. The van der Waals surface area contributed by atoms with Gasteiger partial charge >= 0.3 is 0 Å². The highest BCUT2D eigenvalue weighted by molar-refractivity contribution is 7.80. The SMILES string of the molecule is C/C=C/CS.C=CC(=C)[C@@H]1C(=C=C/C=C\C)/C(=C\C)[C@H]2CNCC[C@@H]12. The maximum Gasteiger partial charge on any atom is 0.0194 e. The summed E-state index contributed by atoms with van der Waals surface area (Å²) in [5, 5.41) is 3.52. The molecule has 1 aliphatic heterocycles. The van der Waals surface area contributed by atoms with E-state index in [1.807, 2.05) is 50.3 Å². The molecule has 3 atom stereocenters. The fourth-order valence-corrected chi connectivity index (χ4v) is 3.89. The third kappa shape index (κ3) is 5.78. The molecule has 0 bridgehead atoms. The second-order valence-corrected chi connectivity index (χ2v) is 6.63. The second kappa shape index (κ2) is 12.0. The van der Waals surface area contributed by atoms with Crippen molar-refractivity contribution in [3.63, 3.8) is 0 Å². The molecule has 1 N–H and O–H groups in total. The van der Waals surface area contributed by atoms with Crippen LogP contribution in [-0.2, 0) is 0 Å². The normalized spacial score (nSPS) is 27.0. The lowest BCUT2D eigenvalue weighted by molar-refractivity contribution is 0.285. The van der Waals surface area contributed by atoms with Gasteiger partial charge in [0.2, 0.25) is 0 Å². The summed E-state index contributed by atoms with van der Waals surface area (Å²) < 4.78 is 0. The van der Waals surface area contributed by atoms with Crippen molar-refractivity contribution < 1.29 is 0 Å². The average molecular weight is 356 g/mol. The molecule has 2 aliphatic rings. The predicted octanol–water partition coefficient (Wildman–Crippen LogP) is 5.68. The number of piperidine rings is 1. The van der Waals surface area contributed by atoms with E-state index in [0.29, 0.717) is 17.8 Å². The molecule has 136 valence electrons. The number of thiol groups is 1. The molecule has 0 amide bonds. The van der Waals surface area contributed by atoms with Crippen LogP contribution in [0.15, 0.2) is 78.1 Å². The topological polar surface area (TPSA) is 12.0 Å². The van der Waals surface area contributed by atoms with Crippen molar-refractivity contribution >= 4 is 12.6 Å². The summed E-state index contributed by atoms with van der Waals surface area (Å²) in [6.07, 6.45) is 15.4. The second-order valence-electron chi connectivity index (χ2n) is 6.27. The van der Waals surface area contributed by atoms with Crippen LogP contribution in [0.25, 0.3) is 0 Å². The van der Waals surface area contributed by atoms with Crippen LogP contribution in [0, 0.1) is 17.8 Å². The van der Waals surface area contributed by atoms with Crippen LogP contribution in [0.4, 0.5) is 0 Å². The minimum absolute atomic E-state index is 0.382. The van der Waals surface area contributed by atoms with Gasteiger partial charge < -0.3 is 5.32 Å². The van der Waals surface area contributed by atoms with Gasteiger partial charge in [0.25, 0.3) is 0 Å². The van der Waals surface area contributed by atoms with Gasteiger partial charge in [-0.25, -0.2) is 0 Å². The summed E-state index contributed by atoms with van der Waals surface area (Å²) in [6, 6.07) is 0. The summed E-state index contributed by atoms with van der Waals surface area (Å²) in [7, 11) is 0. The van der Waals surface area contributed by atoms with Crippen LogP contribution in [-0.4, -0.2) is 18.8 Å². The largest absolute Gasteiger partial charge is 0.316 e. The summed E-state index contributed by atoms with van der Waals surface area (Å²) >= 11 is 3.91. The van der Waals surface area contributed by atoms with Crippen molar-refractivity contribution in [2.45, 2.75) is 27.2 Å². The third-order valence-corrected chi connectivity index (χ3v) is 5.04. The Kier molecular flexibility index (Phi) is 10.3. The molecule has 1 saturated carbocycles. The Balaban J connectivity index is 0.000000550. The highest BCUT2D eigenvalue weighted by Gasteiger charge is 2.44. The van der Waals surface area contributed by atoms with E-state index in [1.54, 1.807) is 0 Å². The summed E-state index contributed by atoms with van der Waals surface area (Å²) in [5.74, 6) is 2.48. The Morgan fingerprint density at radius 1 is 1.32 bits per heavy atom. The van der Waals surface area contributed by atoms with E-state index in [1.165, 1.54) is 17.6 Å². The molecule has 0 unspecified atom stereocenters. The summed E-state index contributed by atoms with van der Waals surface area (Å²) in [4.78, 5) is 0. The van der Waals surface area contributed by atoms with E-state index in [0.717, 1.165) is 24.4 Å². The van der Waals surface area contributed by atoms with Crippen LogP contribution in [0.5, 0.6) is 0 Å². The molecule has 2 fully saturated rings. The van der Waals surface area contributed by atoms with E-state index in [9.17, 15) is 0 Å². The zero-order chi connectivity index (χ0) is 18.7. The van der Waals surface area contributed by atoms with Crippen molar-refractivity contribution in [1.82, 2.24) is 5.32 Å². The number of allylic oxidation sites excluding steroid dienone is 7. The van der Waals surface area contributed by atoms with E-state index in [-0.39, 0.29) is 0 Å². The van der Waals surface area contributed by atoms with Gasteiger partial charge in [0, 0.05) is 29.7 Å². The van der Waals surface area contributed by atoms with Crippen molar-refractivity contribution in [3.05, 3.63) is 78.1 Å². The number of hydrogen-bond acceptors (Lipinski definition) is 2. The van der Waals surface area contributed by atoms with Gasteiger partial charge in [0.1, 0.15) is 0 Å². The lowest BCUT2D eigenvalue weighted by Crippen LogP contribution is -2.36. The molecular formula is C23H33NS. The van der Waals surface area contributed by atoms with Crippen molar-refractivity contribution in [1.29, 1.82) is 0 Å². The van der Waals surface area contributed by atoms with Gasteiger partial charge in [0.15, 0.2) is 0 Å². The number of fused-ring (bicyclic) bond motifs is 1. The Hall–Kier alpha value is -1.47. The molecule has 25 heavy (non-hydrogen) atoms. The first-order chi connectivity index (χ1) is 12.2. The van der Waals surface area contributed by atoms with Gasteiger partial charge in [-0.2, -0.15) is 12.6 Å². The maximum absolute atomic E-state index is 4.24. The molecule has 0 aromatic heterocycles. The van der Waals surface area contributed by atoms with Gasteiger partial charge in [-0.1, -0.05) is 49.6 Å². The van der Waals surface area contributed by atoms with Crippen LogP contribution in [0.2, 0.25) is 0 Å². The first-order valence-electron chi connectivity index (χ1n) is 9.14. The molecule has 0 aromatic rings. The Labute approximate surface area is 160 Å². The fraction of sp³-hybridized carbons (Fsp3) is 0.435. The summed E-state index contributed by atoms with van der Waals surface area (Å²) in [5.41, 5.74) is 7.39. The van der Waals surface area contributed by atoms with E-state index in [4.69, 9.17) is 0 Å². The Morgan fingerprint density at radius 2 is 2.08 bits per heavy atom. The maximum atomic E-state index is 4.24. The standard InChI is InChI=1S/C19H25N.C4H8S/c1-5-8-9-10-16-15(7-3)18-13-20-12-11-17(18)19(16)14(4)6-2;1-2-3-4-5/h5-9,17-20H,2,4,11-13H2,1,3H3;2-3,5H,4H2,1H3/b8-5-,15-7+;3-2+/t10?,17-,18-,19-;/m1./s1. The van der Waals surface area contributed by atoms with Crippen molar-refractivity contribution in [3.8, 4) is 0 Å². The molecule has 2 rings (SSSR count). The van der Waals surface area contributed by atoms with Gasteiger partial charge in [0.05, 0.1) is 0 Å². The number of rotatable bonds is 4. The molecule has 1 nitrogen and oxygen atoms in total. The first kappa shape index (κ1) is 21.6. The molecule has 1 aliphatic carbocycles. The smallest absolute Gasteiger partial charge is 0.0194 e. The monoisotopic (exact) mass is 355 g/mol. The molecule has 1 saturated heterocycles. The first-order valence-corrected chi connectivity index (χ1v) is 9.77. The number of nitrogens with one attached hydrogen (secondary N) is 1. The third-order valence-electron chi connectivity index (χ3n) is 4.83.